The average Bonchev–Trinajstić information content (AvgIpc) is 2.50. The number of nitrogens with zero attached hydrogens (tertiary/aromatic N) is 1. The van der Waals surface area contributed by atoms with Gasteiger partial charge in [-0.25, -0.2) is 0 Å². The van der Waals surface area contributed by atoms with E-state index in [9.17, 15) is 9.90 Å². The van der Waals surface area contributed by atoms with Gasteiger partial charge in [-0.05, 0) is 23.4 Å². The van der Waals surface area contributed by atoms with Gasteiger partial charge in [-0.3, -0.25) is 4.79 Å². The molecule has 0 unspecified atom stereocenters. The summed E-state index contributed by atoms with van der Waals surface area (Å²) in [5.74, 6) is -0.229. The van der Waals surface area contributed by atoms with Crippen LogP contribution in [0.25, 0.3) is 0 Å². The number of rotatable bonds is 6. The van der Waals surface area contributed by atoms with Gasteiger partial charge in [0.05, 0.1) is 18.1 Å². The predicted molar refractivity (Wildman–Crippen MR) is 102 cm³/mol. The van der Waals surface area contributed by atoms with Crippen molar-refractivity contribution in [2.45, 2.75) is 63.9 Å². The number of β-lactam (4-membered cyclic amide) rings is 1. The Morgan fingerprint density at radius 1 is 1.29 bits per heavy atom. The molecule has 4 heteroatoms. The first kappa shape index (κ1) is 18.9. The van der Waals surface area contributed by atoms with E-state index < -0.39 is 14.3 Å². The summed E-state index contributed by atoms with van der Waals surface area (Å²) in [5.41, 5.74) is 1.19. The van der Waals surface area contributed by atoms with Gasteiger partial charge >= 0.3 is 0 Å². The van der Waals surface area contributed by atoms with Crippen molar-refractivity contribution in [3.8, 4) is 0 Å². The van der Waals surface area contributed by atoms with Crippen LogP contribution in [0, 0.1) is 5.92 Å². The van der Waals surface area contributed by atoms with Crippen LogP contribution < -0.4 is 0 Å². The zero-order valence-corrected chi connectivity index (χ0v) is 16.6. The summed E-state index contributed by atoms with van der Waals surface area (Å²) in [6.45, 7) is 15.0. The molecule has 1 heterocycles. The van der Waals surface area contributed by atoms with E-state index in [0.717, 1.165) is 6.42 Å². The summed E-state index contributed by atoms with van der Waals surface area (Å²) in [4.78, 5) is 12.8. The molecule has 1 aliphatic rings. The van der Waals surface area contributed by atoms with E-state index in [0.29, 0.717) is 6.42 Å². The lowest BCUT2D eigenvalue weighted by atomic mass is 9.83. The van der Waals surface area contributed by atoms with Crippen LogP contribution in [0.4, 0.5) is 0 Å². The minimum absolute atomic E-state index is 0.0378. The van der Waals surface area contributed by atoms with Crippen LogP contribution in [0.2, 0.25) is 18.1 Å². The molecule has 0 aromatic heterocycles. The van der Waals surface area contributed by atoms with Crippen molar-refractivity contribution in [3.63, 3.8) is 0 Å². The van der Waals surface area contributed by atoms with Gasteiger partial charge in [0.1, 0.15) is 0 Å². The van der Waals surface area contributed by atoms with Gasteiger partial charge in [-0.15, -0.1) is 6.58 Å². The lowest BCUT2D eigenvalue weighted by Crippen LogP contribution is -2.74. The van der Waals surface area contributed by atoms with Crippen molar-refractivity contribution >= 4 is 14.1 Å². The van der Waals surface area contributed by atoms with Crippen LogP contribution in [0.1, 0.15) is 32.8 Å². The first-order valence-corrected chi connectivity index (χ1v) is 11.7. The fourth-order valence-corrected chi connectivity index (χ4v) is 5.76. The molecule has 1 N–H and O–H groups in total. The Balaban J connectivity index is 2.07. The second-order valence-electron chi connectivity index (χ2n) is 8.36. The molecule has 0 spiro atoms. The fourth-order valence-electron chi connectivity index (χ4n) is 3.32. The van der Waals surface area contributed by atoms with Crippen molar-refractivity contribution in [2.75, 3.05) is 0 Å². The summed E-state index contributed by atoms with van der Waals surface area (Å²) < 4.78 is 2.04. The van der Waals surface area contributed by atoms with Crippen molar-refractivity contribution in [1.29, 1.82) is 0 Å². The molecular weight excluding hydrogens is 314 g/mol. The van der Waals surface area contributed by atoms with Gasteiger partial charge in [0.15, 0.2) is 8.24 Å². The van der Waals surface area contributed by atoms with Gasteiger partial charge in [0.2, 0.25) is 5.91 Å². The number of aliphatic hydroxyl groups excluding tert-OH is 1. The second-order valence-corrected chi connectivity index (χ2v) is 13.5. The molecule has 1 amide bonds. The van der Waals surface area contributed by atoms with Crippen LogP contribution in [-0.2, 0) is 11.2 Å². The quantitative estimate of drug-likeness (QED) is 0.481. The average molecular weight is 346 g/mol. The molecular formula is C20H31NO2Si. The maximum absolute atomic E-state index is 12.8. The number of carbonyl (C=O) groups excluding carboxylic acids is 1. The second kappa shape index (κ2) is 6.85. The molecule has 1 saturated heterocycles. The summed E-state index contributed by atoms with van der Waals surface area (Å²) >= 11 is 0. The van der Waals surface area contributed by atoms with Gasteiger partial charge in [-0.1, -0.05) is 70.3 Å². The smallest absolute Gasteiger partial charge is 0.223 e. The van der Waals surface area contributed by atoms with Gasteiger partial charge < -0.3 is 9.67 Å². The molecule has 1 aliphatic heterocycles. The zero-order chi connectivity index (χ0) is 18.1. The Bertz CT molecular complexity index is 591. The highest BCUT2D eigenvalue weighted by Crippen LogP contribution is 2.46. The topological polar surface area (TPSA) is 40.5 Å². The zero-order valence-electron chi connectivity index (χ0n) is 15.6. The number of benzene rings is 1. The number of aryl methyl sites for hydroxylation is 1. The van der Waals surface area contributed by atoms with E-state index in [1.54, 1.807) is 0 Å². The van der Waals surface area contributed by atoms with Gasteiger partial charge in [0, 0.05) is 0 Å². The molecule has 0 bridgehead atoms. The molecule has 3 atom stereocenters. The number of hydrogen-bond donors (Lipinski definition) is 1. The third-order valence-electron chi connectivity index (χ3n) is 5.85. The predicted octanol–water partition coefficient (Wildman–Crippen LogP) is 4.00. The van der Waals surface area contributed by atoms with Gasteiger partial charge in [0.25, 0.3) is 0 Å². The number of aliphatic hydroxyl groups is 1. The van der Waals surface area contributed by atoms with Crippen LogP contribution in [0.5, 0.6) is 0 Å². The third kappa shape index (κ3) is 3.35. The molecule has 24 heavy (non-hydrogen) atoms. The molecule has 0 saturated carbocycles. The Morgan fingerprint density at radius 2 is 1.88 bits per heavy atom. The maximum atomic E-state index is 12.8. The lowest BCUT2D eigenvalue weighted by molar-refractivity contribution is -0.152. The molecule has 0 radical (unpaired) electrons. The van der Waals surface area contributed by atoms with E-state index in [1.807, 2.05) is 28.8 Å². The van der Waals surface area contributed by atoms with E-state index >= 15 is 0 Å². The summed E-state index contributed by atoms with van der Waals surface area (Å²) in [6, 6.07) is 10.1. The fraction of sp³-hybridized carbons (Fsp3) is 0.550. The van der Waals surface area contributed by atoms with E-state index in [-0.39, 0.29) is 22.9 Å². The first-order chi connectivity index (χ1) is 11.1. The third-order valence-corrected chi connectivity index (χ3v) is 11.2. The highest BCUT2D eigenvalue weighted by molar-refractivity contribution is 6.80. The van der Waals surface area contributed by atoms with Crippen molar-refractivity contribution in [1.82, 2.24) is 4.57 Å². The standard InChI is InChI=1S/C20H31NO2Si/c1-7-16-18(17(22)14-13-15-11-9-8-10-12-15)19(23)21(16)24(5,6)20(2,3)4/h7-12,16-18,22H,1,13-14H2,2-6H3/t16-,17+,18+/m1/s1. The Morgan fingerprint density at radius 3 is 2.38 bits per heavy atom. The molecule has 3 nitrogen and oxygen atoms in total. The highest BCUT2D eigenvalue weighted by atomic mass is 28.3. The minimum Gasteiger partial charge on any atom is -0.392 e. The van der Waals surface area contributed by atoms with Crippen LogP contribution >= 0.6 is 0 Å². The number of hydrogen-bond acceptors (Lipinski definition) is 2. The normalized spacial score (nSPS) is 22.9. The molecule has 1 aromatic carbocycles. The molecule has 132 valence electrons. The van der Waals surface area contributed by atoms with E-state index in [1.165, 1.54) is 5.56 Å². The number of amides is 1. The first-order valence-electron chi connectivity index (χ1n) is 8.79. The van der Waals surface area contributed by atoms with Crippen molar-refractivity contribution in [2.24, 2.45) is 5.92 Å². The Kier molecular flexibility index (Phi) is 5.40. The van der Waals surface area contributed by atoms with Gasteiger partial charge in [-0.2, -0.15) is 0 Å². The van der Waals surface area contributed by atoms with Crippen molar-refractivity contribution in [3.05, 3.63) is 48.6 Å². The minimum atomic E-state index is -1.94. The maximum Gasteiger partial charge on any atom is 0.223 e. The monoisotopic (exact) mass is 345 g/mol. The summed E-state index contributed by atoms with van der Waals surface area (Å²) in [7, 11) is -1.94. The SMILES string of the molecule is C=C[C@@H]1[C@@H]([C@@H](O)CCc2ccccc2)C(=O)N1[Si](C)(C)C(C)(C)C. The highest BCUT2D eigenvalue weighted by Gasteiger charge is 2.57. The molecule has 2 rings (SSSR count). The summed E-state index contributed by atoms with van der Waals surface area (Å²) in [6.07, 6.45) is 2.63. The number of carbonyl (C=O) groups is 1. The largest absolute Gasteiger partial charge is 0.392 e. The molecule has 1 aromatic rings. The van der Waals surface area contributed by atoms with E-state index in [4.69, 9.17) is 0 Å². The van der Waals surface area contributed by atoms with Crippen LogP contribution in [0.3, 0.4) is 0 Å². The van der Waals surface area contributed by atoms with Crippen molar-refractivity contribution < 1.29 is 9.90 Å². The molecule has 0 aliphatic carbocycles. The lowest BCUT2D eigenvalue weighted by Gasteiger charge is -2.58. The van der Waals surface area contributed by atoms with E-state index in [2.05, 4.69) is 52.6 Å². The Labute approximate surface area is 147 Å². The molecule has 1 fully saturated rings. The summed E-state index contributed by atoms with van der Waals surface area (Å²) in [5, 5.41) is 10.7. The Hall–Kier alpha value is -1.39. The van der Waals surface area contributed by atoms with Crippen LogP contribution in [0.15, 0.2) is 43.0 Å². The van der Waals surface area contributed by atoms with Crippen LogP contribution in [-0.4, -0.2) is 36.0 Å².